The van der Waals surface area contributed by atoms with Crippen LogP contribution < -0.4 is 0 Å². The number of aryl methyl sites for hydroxylation is 1. The fourth-order valence-electron chi connectivity index (χ4n) is 3.98. The Morgan fingerprint density at radius 2 is 2.12 bits per heavy atom. The molecule has 138 valence electrons. The van der Waals surface area contributed by atoms with Crippen LogP contribution in [0, 0.1) is 12.8 Å². The van der Waals surface area contributed by atoms with Crippen LogP contribution in [0.1, 0.15) is 50.8 Å². The second-order valence-electron chi connectivity index (χ2n) is 7.42. The standard InChI is InChI=1S/C19H30N4O2/c1-16-20-9-13-22(16)14-17-6-5-11-23(15-17)19(25)8-12-21-10-4-2-3-7-18(21)24/h9,13,17H,2-8,10-12,14-15H2,1H3. The quantitative estimate of drug-likeness (QED) is 0.821. The molecule has 0 aromatic carbocycles. The van der Waals surface area contributed by atoms with Crippen molar-refractivity contribution in [2.45, 2.75) is 58.4 Å². The molecular weight excluding hydrogens is 316 g/mol. The Labute approximate surface area is 150 Å². The summed E-state index contributed by atoms with van der Waals surface area (Å²) in [5.41, 5.74) is 0. The fraction of sp³-hybridized carbons (Fsp3) is 0.737. The van der Waals surface area contributed by atoms with Gasteiger partial charge in [0.1, 0.15) is 5.82 Å². The molecule has 6 nitrogen and oxygen atoms in total. The molecule has 0 N–H and O–H groups in total. The lowest BCUT2D eigenvalue weighted by Crippen LogP contribution is -2.42. The molecular formula is C19H30N4O2. The molecule has 2 aliphatic rings. The van der Waals surface area contributed by atoms with E-state index in [2.05, 4.69) is 9.55 Å². The summed E-state index contributed by atoms with van der Waals surface area (Å²) in [4.78, 5) is 32.8. The van der Waals surface area contributed by atoms with E-state index in [1.807, 2.05) is 29.1 Å². The van der Waals surface area contributed by atoms with Crippen molar-refractivity contribution in [2.24, 2.45) is 5.92 Å². The minimum atomic E-state index is 0.198. The van der Waals surface area contributed by atoms with Crippen molar-refractivity contribution in [2.75, 3.05) is 26.2 Å². The minimum Gasteiger partial charge on any atom is -0.342 e. The molecule has 1 atom stereocenters. The molecule has 6 heteroatoms. The fourth-order valence-corrected chi connectivity index (χ4v) is 3.98. The smallest absolute Gasteiger partial charge is 0.224 e. The topological polar surface area (TPSA) is 58.4 Å². The van der Waals surface area contributed by atoms with Gasteiger partial charge in [0.15, 0.2) is 0 Å². The molecule has 2 amide bonds. The van der Waals surface area contributed by atoms with Gasteiger partial charge < -0.3 is 14.4 Å². The van der Waals surface area contributed by atoms with E-state index < -0.39 is 0 Å². The van der Waals surface area contributed by atoms with E-state index in [4.69, 9.17) is 0 Å². The van der Waals surface area contributed by atoms with Gasteiger partial charge in [0.25, 0.3) is 0 Å². The molecule has 0 bridgehead atoms. The third-order valence-corrected chi connectivity index (χ3v) is 5.52. The molecule has 2 fully saturated rings. The highest BCUT2D eigenvalue weighted by molar-refractivity contribution is 5.79. The molecule has 0 radical (unpaired) electrons. The number of hydrogen-bond donors (Lipinski definition) is 0. The van der Waals surface area contributed by atoms with Crippen molar-refractivity contribution >= 4 is 11.8 Å². The van der Waals surface area contributed by atoms with E-state index in [9.17, 15) is 9.59 Å². The van der Waals surface area contributed by atoms with Gasteiger partial charge in [-0.1, -0.05) is 6.42 Å². The average Bonchev–Trinajstić information content (AvgIpc) is 2.89. The summed E-state index contributed by atoms with van der Waals surface area (Å²) in [5.74, 6) is 1.94. The first-order chi connectivity index (χ1) is 12.1. The maximum absolute atomic E-state index is 12.6. The Hall–Kier alpha value is -1.85. The van der Waals surface area contributed by atoms with E-state index in [-0.39, 0.29) is 11.8 Å². The van der Waals surface area contributed by atoms with Gasteiger partial charge in [-0.2, -0.15) is 0 Å². The summed E-state index contributed by atoms with van der Waals surface area (Å²) in [6.07, 6.45) is 10.4. The molecule has 0 aliphatic carbocycles. The van der Waals surface area contributed by atoms with Crippen LogP contribution in [0.15, 0.2) is 12.4 Å². The molecule has 1 aromatic rings. The van der Waals surface area contributed by atoms with E-state index in [0.29, 0.717) is 25.3 Å². The Kier molecular flexibility index (Phi) is 6.10. The van der Waals surface area contributed by atoms with Gasteiger partial charge >= 0.3 is 0 Å². The van der Waals surface area contributed by atoms with Crippen LogP contribution >= 0.6 is 0 Å². The van der Waals surface area contributed by atoms with Gasteiger partial charge in [0, 0.05) is 58.0 Å². The molecule has 25 heavy (non-hydrogen) atoms. The Balaban J connectivity index is 1.48. The van der Waals surface area contributed by atoms with Gasteiger partial charge in [-0.25, -0.2) is 4.98 Å². The minimum absolute atomic E-state index is 0.198. The molecule has 3 heterocycles. The highest BCUT2D eigenvalue weighted by atomic mass is 16.2. The summed E-state index contributed by atoms with van der Waals surface area (Å²) in [5, 5.41) is 0. The number of rotatable bonds is 5. The number of aromatic nitrogens is 2. The normalized spacial score (nSPS) is 22.1. The van der Waals surface area contributed by atoms with Gasteiger partial charge in [-0.15, -0.1) is 0 Å². The van der Waals surface area contributed by atoms with Crippen LogP contribution in [-0.2, 0) is 16.1 Å². The van der Waals surface area contributed by atoms with Gasteiger partial charge in [-0.3, -0.25) is 9.59 Å². The number of piperidine rings is 1. The van der Waals surface area contributed by atoms with Crippen LogP contribution in [0.3, 0.4) is 0 Å². The van der Waals surface area contributed by atoms with Crippen LogP contribution in [0.5, 0.6) is 0 Å². The second kappa shape index (κ2) is 8.50. The molecule has 2 aliphatic heterocycles. The summed E-state index contributed by atoms with van der Waals surface area (Å²) >= 11 is 0. The van der Waals surface area contributed by atoms with Crippen LogP contribution in [-0.4, -0.2) is 57.3 Å². The summed E-state index contributed by atoms with van der Waals surface area (Å²) in [7, 11) is 0. The largest absolute Gasteiger partial charge is 0.342 e. The van der Waals surface area contributed by atoms with E-state index >= 15 is 0 Å². The molecule has 0 saturated carbocycles. The predicted molar refractivity (Wildman–Crippen MR) is 95.9 cm³/mol. The average molecular weight is 346 g/mol. The summed E-state index contributed by atoms with van der Waals surface area (Å²) < 4.78 is 2.18. The first-order valence-corrected chi connectivity index (χ1v) is 9.67. The molecule has 3 rings (SSSR count). The van der Waals surface area contributed by atoms with Crippen LogP contribution in [0.4, 0.5) is 0 Å². The lowest BCUT2D eigenvalue weighted by molar-refractivity contribution is -0.135. The SMILES string of the molecule is Cc1nccn1CC1CCCN(C(=O)CCN2CCCCCC2=O)C1. The zero-order valence-electron chi connectivity index (χ0n) is 15.3. The van der Waals surface area contributed by atoms with Crippen molar-refractivity contribution in [3.63, 3.8) is 0 Å². The Morgan fingerprint density at radius 1 is 1.24 bits per heavy atom. The van der Waals surface area contributed by atoms with Crippen LogP contribution in [0.2, 0.25) is 0 Å². The number of amides is 2. The second-order valence-corrected chi connectivity index (χ2v) is 7.42. The van der Waals surface area contributed by atoms with E-state index in [0.717, 1.165) is 64.1 Å². The maximum Gasteiger partial charge on any atom is 0.224 e. The van der Waals surface area contributed by atoms with E-state index in [1.165, 1.54) is 0 Å². The number of likely N-dealkylation sites (tertiary alicyclic amines) is 2. The zero-order chi connectivity index (χ0) is 17.6. The number of carbonyl (C=O) groups excluding carboxylic acids is 2. The number of carbonyl (C=O) groups is 2. The lowest BCUT2D eigenvalue weighted by Gasteiger charge is -2.33. The van der Waals surface area contributed by atoms with Gasteiger partial charge in [0.2, 0.25) is 11.8 Å². The van der Waals surface area contributed by atoms with Crippen molar-refractivity contribution in [3.8, 4) is 0 Å². The zero-order valence-corrected chi connectivity index (χ0v) is 15.3. The third kappa shape index (κ3) is 4.83. The highest BCUT2D eigenvalue weighted by Crippen LogP contribution is 2.20. The van der Waals surface area contributed by atoms with Crippen molar-refractivity contribution in [1.82, 2.24) is 19.4 Å². The highest BCUT2D eigenvalue weighted by Gasteiger charge is 2.25. The maximum atomic E-state index is 12.6. The van der Waals surface area contributed by atoms with Crippen molar-refractivity contribution in [3.05, 3.63) is 18.2 Å². The van der Waals surface area contributed by atoms with Gasteiger partial charge in [-0.05, 0) is 38.5 Å². The monoisotopic (exact) mass is 346 g/mol. The Bertz CT molecular complexity index is 598. The Morgan fingerprint density at radius 3 is 2.92 bits per heavy atom. The number of hydrogen-bond acceptors (Lipinski definition) is 3. The summed E-state index contributed by atoms with van der Waals surface area (Å²) in [6, 6.07) is 0. The lowest BCUT2D eigenvalue weighted by atomic mass is 9.97. The van der Waals surface area contributed by atoms with Crippen molar-refractivity contribution in [1.29, 1.82) is 0 Å². The first-order valence-electron chi connectivity index (χ1n) is 9.67. The van der Waals surface area contributed by atoms with Crippen LogP contribution in [0.25, 0.3) is 0 Å². The van der Waals surface area contributed by atoms with Crippen molar-refractivity contribution < 1.29 is 9.59 Å². The van der Waals surface area contributed by atoms with Gasteiger partial charge in [0.05, 0.1) is 0 Å². The predicted octanol–water partition coefficient (Wildman–Crippen LogP) is 2.22. The molecule has 0 spiro atoms. The van der Waals surface area contributed by atoms with E-state index in [1.54, 1.807) is 0 Å². The molecule has 1 aromatic heterocycles. The molecule has 1 unspecified atom stereocenters. The third-order valence-electron chi connectivity index (χ3n) is 5.52. The first kappa shape index (κ1) is 18.0. The summed E-state index contributed by atoms with van der Waals surface area (Å²) in [6.45, 7) is 6.02. The number of imidazole rings is 1. The molecule has 2 saturated heterocycles. The number of nitrogens with zero attached hydrogens (tertiary/aromatic N) is 4.